The fraction of sp³-hybridized carbons (Fsp3) is 0. The summed E-state index contributed by atoms with van der Waals surface area (Å²) in [5.41, 5.74) is 9.48. The maximum Gasteiger partial charge on any atom is 0.0346 e. The number of aromatic nitrogens is 2. The predicted molar refractivity (Wildman–Crippen MR) is 159 cm³/mol. The predicted octanol–water partition coefficient (Wildman–Crippen LogP) is 9.45. The average Bonchev–Trinajstić information content (AvgIpc) is 3.01. The summed E-state index contributed by atoms with van der Waals surface area (Å²) in [5.74, 6) is 0. The first-order valence-electron chi connectivity index (χ1n) is 12.8. The Labute approximate surface area is 221 Å². The second-order valence-electron chi connectivity index (χ2n) is 9.45. The van der Waals surface area contributed by atoms with Crippen LogP contribution in [0.25, 0.3) is 66.1 Å². The quantitative estimate of drug-likeness (QED) is 0.233. The molecule has 38 heavy (non-hydrogen) atoms. The van der Waals surface area contributed by atoms with Crippen molar-refractivity contribution < 1.29 is 0 Å². The van der Waals surface area contributed by atoms with E-state index in [-0.39, 0.29) is 0 Å². The smallest absolute Gasteiger partial charge is 0.0346 e. The molecule has 0 saturated carbocycles. The minimum Gasteiger partial charge on any atom is -0.264 e. The highest BCUT2D eigenvalue weighted by molar-refractivity contribution is 6.21. The number of benzene rings is 5. The van der Waals surface area contributed by atoms with Gasteiger partial charge in [0.05, 0.1) is 0 Å². The van der Waals surface area contributed by atoms with Gasteiger partial charge in [-0.25, -0.2) is 0 Å². The zero-order valence-corrected chi connectivity index (χ0v) is 20.8. The van der Waals surface area contributed by atoms with E-state index in [0.29, 0.717) is 0 Å². The Morgan fingerprint density at radius 3 is 1.45 bits per heavy atom. The molecule has 0 aliphatic heterocycles. The van der Waals surface area contributed by atoms with Crippen molar-refractivity contribution in [1.29, 1.82) is 0 Å². The van der Waals surface area contributed by atoms with Crippen molar-refractivity contribution >= 4 is 21.5 Å². The summed E-state index contributed by atoms with van der Waals surface area (Å²) < 4.78 is 0. The third-order valence-electron chi connectivity index (χ3n) is 7.25. The van der Waals surface area contributed by atoms with Crippen LogP contribution in [0.4, 0.5) is 0 Å². The van der Waals surface area contributed by atoms with Crippen LogP contribution < -0.4 is 0 Å². The lowest BCUT2D eigenvalue weighted by atomic mass is 9.85. The number of nitrogens with zero attached hydrogens (tertiary/aromatic N) is 2. The van der Waals surface area contributed by atoms with Crippen molar-refractivity contribution in [2.45, 2.75) is 0 Å². The summed E-state index contributed by atoms with van der Waals surface area (Å²) in [6.07, 6.45) is 7.59. The van der Waals surface area contributed by atoms with Crippen molar-refractivity contribution in [3.63, 3.8) is 0 Å². The van der Waals surface area contributed by atoms with Crippen molar-refractivity contribution in [2.75, 3.05) is 0 Å². The molecule has 7 aromatic rings. The molecular weight excluding hydrogens is 460 g/mol. The van der Waals surface area contributed by atoms with Gasteiger partial charge in [-0.3, -0.25) is 9.97 Å². The van der Waals surface area contributed by atoms with Gasteiger partial charge >= 0.3 is 0 Å². The lowest BCUT2D eigenvalue weighted by Gasteiger charge is -2.19. The number of hydrogen-bond acceptors (Lipinski definition) is 2. The Kier molecular flexibility index (Phi) is 5.49. The molecule has 0 radical (unpaired) electrons. The Bertz CT molecular complexity index is 1890. The third kappa shape index (κ3) is 3.75. The SMILES string of the molecule is c1ccc(-c2ccccc2-c2ccc3c(-c4cccnc4)c4ccccc4c(-c4cccnc4)c3c2)cc1. The molecule has 2 nitrogen and oxygen atoms in total. The topological polar surface area (TPSA) is 25.8 Å². The van der Waals surface area contributed by atoms with Gasteiger partial charge in [0.2, 0.25) is 0 Å². The van der Waals surface area contributed by atoms with Crippen molar-refractivity contribution in [3.8, 4) is 44.5 Å². The minimum absolute atomic E-state index is 1.11. The molecule has 0 atom stereocenters. The van der Waals surface area contributed by atoms with Crippen molar-refractivity contribution in [1.82, 2.24) is 9.97 Å². The van der Waals surface area contributed by atoms with E-state index in [1.54, 1.807) is 0 Å². The summed E-state index contributed by atoms with van der Waals surface area (Å²) in [7, 11) is 0. The Morgan fingerprint density at radius 2 is 0.842 bits per heavy atom. The van der Waals surface area contributed by atoms with Crippen LogP contribution in [-0.4, -0.2) is 9.97 Å². The van der Waals surface area contributed by atoms with Gasteiger partial charge in [-0.05, 0) is 73.1 Å². The molecule has 0 bridgehead atoms. The van der Waals surface area contributed by atoms with Gasteiger partial charge in [0.15, 0.2) is 0 Å². The van der Waals surface area contributed by atoms with Gasteiger partial charge in [-0.15, -0.1) is 0 Å². The molecule has 0 amide bonds. The van der Waals surface area contributed by atoms with Gasteiger partial charge in [-0.2, -0.15) is 0 Å². The van der Waals surface area contributed by atoms with Crippen LogP contribution in [0.1, 0.15) is 0 Å². The molecule has 2 heterocycles. The summed E-state index contributed by atoms with van der Waals surface area (Å²) in [6.45, 7) is 0. The molecule has 0 spiro atoms. The monoisotopic (exact) mass is 484 g/mol. The summed E-state index contributed by atoms with van der Waals surface area (Å²) in [4.78, 5) is 8.94. The molecule has 0 aliphatic rings. The van der Waals surface area contributed by atoms with E-state index in [9.17, 15) is 0 Å². The number of pyridine rings is 2. The highest BCUT2D eigenvalue weighted by Gasteiger charge is 2.18. The molecule has 0 N–H and O–H groups in total. The van der Waals surface area contributed by atoms with E-state index in [4.69, 9.17) is 0 Å². The molecule has 5 aromatic carbocycles. The van der Waals surface area contributed by atoms with E-state index in [0.717, 1.165) is 11.1 Å². The van der Waals surface area contributed by atoms with Crippen molar-refractivity contribution in [2.24, 2.45) is 0 Å². The lowest BCUT2D eigenvalue weighted by molar-refractivity contribution is 1.33. The summed E-state index contributed by atoms with van der Waals surface area (Å²) in [6, 6.07) is 43.2. The lowest BCUT2D eigenvalue weighted by Crippen LogP contribution is -1.93. The van der Waals surface area contributed by atoms with E-state index in [1.807, 2.05) is 36.9 Å². The van der Waals surface area contributed by atoms with Crippen LogP contribution in [0.2, 0.25) is 0 Å². The van der Waals surface area contributed by atoms with E-state index in [1.165, 1.54) is 54.9 Å². The second-order valence-corrected chi connectivity index (χ2v) is 9.45. The molecule has 0 saturated heterocycles. The molecular formula is C36H24N2. The van der Waals surface area contributed by atoms with Crippen LogP contribution in [0.15, 0.2) is 146 Å². The Hall–Kier alpha value is -5.08. The van der Waals surface area contributed by atoms with E-state index in [2.05, 4.69) is 119 Å². The van der Waals surface area contributed by atoms with Gasteiger partial charge in [-0.1, -0.05) is 103 Å². The Balaban J connectivity index is 1.60. The fourth-order valence-corrected chi connectivity index (χ4v) is 5.59. The normalized spacial score (nSPS) is 11.2. The maximum absolute atomic E-state index is 4.48. The van der Waals surface area contributed by atoms with Crippen molar-refractivity contribution in [3.05, 3.63) is 146 Å². The standard InChI is InChI=1S/C36H24N2/c1-2-10-25(11-3-1)29-14-4-5-15-30(29)26-18-19-33-34(22-26)36(28-13-9-21-38-24-28)32-17-7-6-16-31(32)35(33)27-12-8-20-37-23-27/h1-24H. The number of hydrogen-bond donors (Lipinski definition) is 0. The largest absolute Gasteiger partial charge is 0.264 e. The molecule has 178 valence electrons. The second kappa shape index (κ2) is 9.42. The zero-order valence-electron chi connectivity index (χ0n) is 20.8. The van der Waals surface area contributed by atoms with Crippen LogP contribution >= 0.6 is 0 Å². The number of fused-ring (bicyclic) bond motifs is 2. The van der Waals surface area contributed by atoms with E-state index < -0.39 is 0 Å². The highest BCUT2D eigenvalue weighted by Crippen LogP contribution is 2.45. The van der Waals surface area contributed by atoms with Gasteiger partial charge in [0.1, 0.15) is 0 Å². The molecule has 2 aromatic heterocycles. The zero-order chi connectivity index (χ0) is 25.3. The summed E-state index contributed by atoms with van der Waals surface area (Å²) >= 11 is 0. The third-order valence-corrected chi connectivity index (χ3v) is 7.25. The molecule has 2 heteroatoms. The van der Waals surface area contributed by atoms with Crippen LogP contribution in [-0.2, 0) is 0 Å². The fourth-order valence-electron chi connectivity index (χ4n) is 5.59. The maximum atomic E-state index is 4.48. The molecule has 0 unspecified atom stereocenters. The van der Waals surface area contributed by atoms with Gasteiger partial charge < -0.3 is 0 Å². The molecule has 0 aliphatic carbocycles. The minimum atomic E-state index is 1.11. The van der Waals surface area contributed by atoms with Crippen LogP contribution in [0.5, 0.6) is 0 Å². The highest BCUT2D eigenvalue weighted by atomic mass is 14.6. The van der Waals surface area contributed by atoms with Crippen LogP contribution in [0, 0.1) is 0 Å². The summed E-state index contributed by atoms with van der Waals surface area (Å²) in [5, 5.41) is 4.83. The van der Waals surface area contributed by atoms with E-state index >= 15 is 0 Å². The first kappa shape index (κ1) is 22.1. The number of rotatable bonds is 4. The van der Waals surface area contributed by atoms with Gasteiger partial charge in [0, 0.05) is 35.9 Å². The molecule has 7 rings (SSSR count). The molecule has 0 fully saturated rings. The Morgan fingerprint density at radius 1 is 0.342 bits per heavy atom. The van der Waals surface area contributed by atoms with Gasteiger partial charge in [0.25, 0.3) is 0 Å². The van der Waals surface area contributed by atoms with Crippen LogP contribution in [0.3, 0.4) is 0 Å². The first-order chi connectivity index (χ1) is 18.9. The first-order valence-corrected chi connectivity index (χ1v) is 12.8. The average molecular weight is 485 g/mol.